The molecule has 1 aliphatic carbocycles. The van der Waals surface area contributed by atoms with Gasteiger partial charge in [-0.3, -0.25) is 0 Å². The first-order valence-corrected chi connectivity index (χ1v) is 4.34. The Balaban J connectivity index is 2.52. The summed E-state index contributed by atoms with van der Waals surface area (Å²) < 4.78 is 37.0. The monoisotopic (exact) mass is 202 g/mol. The van der Waals surface area contributed by atoms with E-state index in [2.05, 4.69) is 4.98 Å². The number of nitrogens with two attached hydrogens (primary N) is 1. The van der Waals surface area contributed by atoms with Crippen LogP contribution in [0.25, 0.3) is 0 Å². The molecule has 2 nitrogen and oxygen atoms in total. The summed E-state index contributed by atoms with van der Waals surface area (Å²) in [6, 6.07) is 0.921. The molecule has 0 aliphatic heterocycles. The fourth-order valence-corrected chi connectivity index (χ4v) is 1.72. The summed E-state index contributed by atoms with van der Waals surface area (Å²) in [5.74, 6) is 0. The highest BCUT2D eigenvalue weighted by Crippen LogP contribution is 2.33. The van der Waals surface area contributed by atoms with Crippen LogP contribution < -0.4 is 5.73 Å². The standard InChI is InChI=1S/C9H9F3N2/c10-9(11,12)8-4-6(13)5-2-1-3-7(5)14-8/h4H,1-3H2,(H2,13,14). The van der Waals surface area contributed by atoms with Crippen LogP contribution in [0.2, 0.25) is 0 Å². The highest BCUT2D eigenvalue weighted by atomic mass is 19.4. The Morgan fingerprint density at radius 2 is 2.00 bits per heavy atom. The lowest BCUT2D eigenvalue weighted by Crippen LogP contribution is -2.11. The third kappa shape index (κ3) is 1.42. The topological polar surface area (TPSA) is 38.9 Å². The van der Waals surface area contributed by atoms with Crippen molar-refractivity contribution in [3.63, 3.8) is 0 Å². The number of hydrogen-bond acceptors (Lipinski definition) is 2. The van der Waals surface area contributed by atoms with Crippen LogP contribution in [-0.2, 0) is 19.0 Å². The van der Waals surface area contributed by atoms with Crippen LogP contribution in [0.3, 0.4) is 0 Å². The van der Waals surface area contributed by atoms with Gasteiger partial charge in [-0.05, 0) is 30.9 Å². The van der Waals surface area contributed by atoms with E-state index in [9.17, 15) is 13.2 Å². The van der Waals surface area contributed by atoms with Gasteiger partial charge in [-0.1, -0.05) is 0 Å². The Hall–Kier alpha value is -1.26. The Bertz CT molecular complexity index is 371. The van der Waals surface area contributed by atoms with Crippen molar-refractivity contribution in [2.45, 2.75) is 25.4 Å². The predicted molar refractivity (Wildman–Crippen MR) is 45.7 cm³/mol. The molecular formula is C9H9F3N2. The predicted octanol–water partition coefficient (Wildman–Crippen LogP) is 2.17. The lowest BCUT2D eigenvalue weighted by Gasteiger charge is -2.09. The fraction of sp³-hybridized carbons (Fsp3) is 0.444. The lowest BCUT2D eigenvalue weighted by atomic mass is 10.1. The molecule has 0 amide bonds. The molecule has 14 heavy (non-hydrogen) atoms. The van der Waals surface area contributed by atoms with E-state index >= 15 is 0 Å². The number of aromatic nitrogens is 1. The number of pyridine rings is 1. The Morgan fingerprint density at radius 1 is 1.29 bits per heavy atom. The molecule has 0 atom stereocenters. The van der Waals surface area contributed by atoms with Crippen molar-refractivity contribution in [1.82, 2.24) is 4.98 Å². The number of nitrogen functional groups attached to an aromatic ring is 1. The maximum absolute atomic E-state index is 12.3. The normalized spacial score (nSPS) is 15.6. The summed E-state index contributed by atoms with van der Waals surface area (Å²) in [6.07, 6.45) is -2.21. The van der Waals surface area contributed by atoms with Gasteiger partial charge < -0.3 is 5.73 Å². The molecule has 2 N–H and O–H groups in total. The second-order valence-corrected chi connectivity index (χ2v) is 3.37. The summed E-state index contributed by atoms with van der Waals surface area (Å²) in [5, 5.41) is 0. The number of alkyl halides is 3. The number of fused-ring (bicyclic) bond motifs is 1. The van der Waals surface area contributed by atoms with Gasteiger partial charge in [0, 0.05) is 11.4 Å². The third-order valence-electron chi connectivity index (χ3n) is 2.38. The smallest absolute Gasteiger partial charge is 0.398 e. The first-order chi connectivity index (χ1) is 6.48. The van der Waals surface area contributed by atoms with Crippen molar-refractivity contribution in [3.8, 4) is 0 Å². The van der Waals surface area contributed by atoms with E-state index in [-0.39, 0.29) is 5.69 Å². The molecule has 76 valence electrons. The largest absolute Gasteiger partial charge is 0.433 e. The van der Waals surface area contributed by atoms with E-state index in [0.29, 0.717) is 12.1 Å². The van der Waals surface area contributed by atoms with E-state index < -0.39 is 11.9 Å². The molecule has 0 radical (unpaired) electrons. The van der Waals surface area contributed by atoms with Crippen LogP contribution in [0, 0.1) is 0 Å². The molecule has 1 aliphatic rings. The van der Waals surface area contributed by atoms with E-state index in [0.717, 1.165) is 24.5 Å². The summed E-state index contributed by atoms with van der Waals surface area (Å²) in [6.45, 7) is 0. The molecule has 5 heteroatoms. The second-order valence-electron chi connectivity index (χ2n) is 3.37. The van der Waals surface area contributed by atoms with Gasteiger partial charge in [0.05, 0.1) is 0 Å². The molecule has 1 aromatic heterocycles. The van der Waals surface area contributed by atoms with Gasteiger partial charge in [0.1, 0.15) is 5.69 Å². The van der Waals surface area contributed by atoms with Crippen molar-refractivity contribution >= 4 is 5.69 Å². The number of aryl methyl sites for hydroxylation is 1. The van der Waals surface area contributed by atoms with Crippen LogP contribution in [0.4, 0.5) is 18.9 Å². The van der Waals surface area contributed by atoms with E-state index in [1.165, 1.54) is 0 Å². The van der Waals surface area contributed by atoms with E-state index in [4.69, 9.17) is 5.73 Å². The van der Waals surface area contributed by atoms with Gasteiger partial charge in [0.25, 0.3) is 0 Å². The average molecular weight is 202 g/mol. The zero-order valence-electron chi connectivity index (χ0n) is 7.36. The van der Waals surface area contributed by atoms with Crippen molar-refractivity contribution in [1.29, 1.82) is 0 Å². The van der Waals surface area contributed by atoms with Crippen LogP contribution >= 0.6 is 0 Å². The SMILES string of the molecule is Nc1cc(C(F)(F)F)nc2c1CCC2. The second kappa shape index (κ2) is 2.87. The molecule has 0 saturated heterocycles. The number of nitrogens with zero attached hydrogens (tertiary/aromatic N) is 1. The number of anilines is 1. The highest BCUT2D eigenvalue weighted by Gasteiger charge is 2.34. The van der Waals surface area contributed by atoms with E-state index in [1.807, 2.05) is 0 Å². The Morgan fingerprint density at radius 3 is 2.64 bits per heavy atom. The van der Waals surface area contributed by atoms with Gasteiger partial charge in [0.15, 0.2) is 0 Å². The molecule has 0 bridgehead atoms. The van der Waals surface area contributed by atoms with Gasteiger partial charge >= 0.3 is 6.18 Å². The van der Waals surface area contributed by atoms with Crippen LogP contribution in [-0.4, -0.2) is 4.98 Å². The Labute approximate surface area is 78.9 Å². The maximum Gasteiger partial charge on any atom is 0.433 e. The van der Waals surface area contributed by atoms with Gasteiger partial charge in [-0.2, -0.15) is 13.2 Å². The van der Waals surface area contributed by atoms with Crippen molar-refractivity contribution in [3.05, 3.63) is 23.0 Å². The van der Waals surface area contributed by atoms with Crippen molar-refractivity contribution in [2.75, 3.05) is 5.73 Å². The third-order valence-corrected chi connectivity index (χ3v) is 2.38. The molecule has 0 spiro atoms. The van der Waals surface area contributed by atoms with Crippen LogP contribution in [0.5, 0.6) is 0 Å². The molecule has 0 aromatic carbocycles. The van der Waals surface area contributed by atoms with Gasteiger partial charge in [-0.25, -0.2) is 4.98 Å². The molecular weight excluding hydrogens is 193 g/mol. The quantitative estimate of drug-likeness (QED) is 0.700. The highest BCUT2D eigenvalue weighted by molar-refractivity contribution is 5.52. The lowest BCUT2D eigenvalue weighted by molar-refractivity contribution is -0.141. The molecule has 2 rings (SSSR count). The van der Waals surface area contributed by atoms with Crippen LogP contribution in [0.1, 0.15) is 23.4 Å². The summed E-state index contributed by atoms with van der Waals surface area (Å²) in [5.41, 5.74) is 6.17. The maximum atomic E-state index is 12.3. The number of hydrogen-bond donors (Lipinski definition) is 1. The van der Waals surface area contributed by atoms with Gasteiger partial charge in [0.2, 0.25) is 0 Å². The zero-order chi connectivity index (χ0) is 10.3. The molecule has 0 unspecified atom stereocenters. The summed E-state index contributed by atoms with van der Waals surface area (Å²) in [4.78, 5) is 3.58. The average Bonchev–Trinajstić information content (AvgIpc) is 2.50. The first-order valence-electron chi connectivity index (χ1n) is 4.34. The summed E-state index contributed by atoms with van der Waals surface area (Å²) in [7, 11) is 0. The minimum absolute atomic E-state index is 0.222. The van der Waals surface area contributed by atoms with Crippen LogP contribution in [0.15, 0.2) is 6.07 Å². The molecule has 0 fully saturated rings. The fourth-order valence-electron chi connectivity index (χ4n) is 1.72. The molecule has 0 saturated carbocycles. The number of halogens is 3. The Kier molecular flexibility index (Phi) is 1.90. The minimum Gasteiger partial charge on any atom is -0.398 e. The van der Waals surface area contributed by atoms with Gasteiger partial charge in [-0.15, -0.1) is 0 Å². The minimum atomic E-state index is -4.40. The van der Waals surface area contributed by atoms with E-state index in [1.54, 1.807) is 0 Å². The summed E-state index contributed by atoms with van der Waals surface area (Å²) >= 11 is 0. The number of rotatable bonds is 0. The molecule has 1 heterocycles. The first kappa shape index (κ1) is 9.30. The van der Waals surface area contributed by atoms with Crippen molar-refractivity contribution in [2.24, 2.45) is 0 Å². The zero-order valence-corrected chi connectivity index (χ0v) is 7.36. The molecule has 1 aromatic rings. The van der Waals surface area contributed by atoms with Crippen molar-refractivity contribution < 1.29 is 13.2 Å².